The fourth-order valence-corrected chi connectivity index (χ4v) is 11.6. The van der Waals surface area contributed by atoms with E-state index < -0.39 is 15.3 Å². The zero-order chi connectivity index (χ0) is 39.8. The number of hydrogen-bond acceptors (Lipinski definition) is 5. The molecular formula is C45H55F2N5O3S. The van der Waals surface area contributed by atoms with E-state index in [1.165, 1.54) is 17.4 Å². The number of piperidine rings is 2. The van der Waals surface area contributed by atoms with Gasteiger partial charge in [-0.15, -0.1) is 0 Å². The summed E-state index contributed by atoms with van der Waals surface area (Å²) in [6.07, 6.45) is 10.2. The van der Waals surface area contributed by atoms with Gasteiger partial charge < -0.3 is 15.3 Å². The van der Waals surface area contributed by atoms with Crippen LogP contribution < -0.4 is 5.32 Å². The van der Waals surface area contributed by atoms with Gasteiger partial charge in [-0.3, -0.25) is 14.6 Å². The molecule has 11 heteroatoms. The van der Waals surface area contributed by atoms with Crippen molar-refractivity contribution in [3.63, 3.8) is 0 Å². The third-order valence-corrected chi connectivity index (χ3v) is 15.0. The van der Waals surface area contributed by atoms with Crippen molar-refractivity contribution in [2.45, 2.75) is 126 Å². The van der Waals surface area contributed by atoms with Gasteiger partial charge in [-0.1, -0.05) is 0 Å². The fourth-order valence-electron chi connectivity index (χ4n) is 11.0. The van der Waals surface area contributed by atoms with Crippen LogP contribution in [0.15, 0.2) is 59.8 Å². The van der Waals surface area contributed by atoms with Crippen LogP contribution in [0.2, 0.25) is 0 Å². The highest BCUT2D eigenvalue weighted by atomic mass is 32.2. The minimum absolute atomic E-state index is 0.0365. The normalized spacial score (nSPS) is 26.1. The van der Waals surface area contributed by atoms with Crippen molar-refractivity contribution in [1.82, 2.24) is 19.8 Å². The topological polar surface area (TPSA) is 101 Å². The Labute approximate surface area is 329 Å². The van der Waals surface area contributed by atoms with E-state index in [0.717, 1.165) is 66.1 Å². The second-order valence-electron chi connectivity index (χ2n) is 17.4. The third-order valence-electron chi connectivity index (χ3n) is 13.9. The van der Waals surface area contributed by atoms with Gasteiger partial charge in [-0.2, -0.15) is 0 Å². The second-order valence-corrected chi connectivity index (χ2v) is 19.4. The van der Waals surface area contributed by atoms with Crippen molar-refractivity contribution in [3.05, 3.63) is 94.3 Å². The molecule has 0 radical (unpaired) electrons. The Morgan fingerprint density at radius 3 is 1.71 bits per heavy atom. The Morgan fingerprint density at radius 2 is 1.27 bits per heavy atom. The van der Waals surface area contributed by atoms with Crippen molar-refractivity contribution in [1.29, 1.82) is 0 Å². The lowest BCUT2D eigenvalue weighted by Gasteiger charge is -2.46. The van der Waals surface area contributed by atoms with E-state index in [4.69, 9.17) is 0 Å². The van der Waals surface area contributed by atoms with E-state index in [1.807, 2.05) is 26.0 Å². The van der Waals surface area contributed by atoms with Gasteiger partial charge in [-0.25, -0.2) is 17.2 Å². The molecule has 298 valence electrons. The van der Waals surface area contributed by atoms with Crippen LogP contribution in [0.1, 0.15) is 106 Å². The SMILES string of the molecule is Cc1c(F)ccc2c([C@@H]3CCN(C(C)CC4(CC(C)N5CC[C@@H](c6c[nH]c7c(C)c(F)ccc67)C[C@@H]5C)C(=O)Nc5ccc(S(C)(=O)=O)cc54)[C@@H](C)C3)c[nH]c12. The molecule has 3 aromatic carbocycles. The third kappa shape index (κ3) is 6.57. The molecule has 6 atom stereocenters. The van der Waals surface area contributed by atoms with Gasteiger partial charge in [0.05, 0.1) is 21.3 Å². The minimum Gasteiger partial charge on any atom is -0.361 e. The molecule has 3 aliphatic rings. The van der Waals surface area contributed by atoms with E-state index in [1.54, 1.807) is 30.3 Å². The molecule has 2 unspecified atom stereocenters. The van der Waals surface area contributed by atoms with Crippen LogP contribution in [0.25, 0.3) is 21.8 Å². The summed E-state index contributed by atoms with van der Waals surface area (Å²) in [6, 6.07) is 12.6. The summed E-state index contributed by atoms with van der Waals surface area (Å²) >= 11 is 0. The zero-order valence-corrected chi connectivity index (χ0v) is 34.4. The molecule has 3 aliphatic heterocycles. The van der Waals surface area contributed by atoms with Crippen molar-refractivity contribution in [3.8, 4) is 0 Å². The van der Waals surface area contributed by atoms with Crippen molar-refractivity contribution >= 4 is 43.2 Å². The molecule has 1 amide bonds. The smallest absolute Gasteiger partial charge is 0.235 e. The molecule has 56 heavy (non-hydrogen) atoms. The van der Waals surface area contributed by atoms with Crippen LogP contribution in [0.3, 0.4) is 0 Å². The standard InChI is InChI=1S/C45H55F2N5O3S/c1-25-18-31(36-23-48-42-29(5)39(46)11-9-34(36)42)14-16-51(25)27(3)21-45(38-20-33(56(7,54)55)8-13-41(38)50-44(45)53)22-28(4)52-17-15-32(19-26(52)2)37-24-49-43-30(6)40(47)12-10-35(37)43/h8-13,20,23-28,31-32,48-49H,14-19,21-22H2,1-7H3,(H,50,53)/t25-,26-,27?,28?,31+,32+,45?/m0/s1. The van der Waals surface area contributed by atoms with Crippen molar-refractivity contribution in [2.75, 3.05) is 24.7 Å². The van der Waals surface area contributed by atoms with Crippen LogP contribution in [-0.2, 0) is 20.0 Å². The first kappa shape index (κ1) is 38.8. The number of rotatable bonds is 9. The summed E-state index contributed by atoms with van der Waals surface area (Å²) in [7, 11) is -3.51. The summed E-state index contributed by atoms with van der Waals surface area (Å²) in [6.45, 7) is 14.3. The number of nitrogens with zero attached hydrogens (tertiary/aromatic N) is 2. The number of anilines is 1. The molecule has 8 rings (SSSR count). The number of halogens is 2. The van der Waals surface area contributed by atoms with Crippen LogP contribution in [-0.4, -0.2) is 77.6 Å². The largest absolute Gasteiger partial charge is 0.361 e. The lowest BCUT2D eigenvalue weighted by atomic mass is 9.71. The number of carbonyl (C=O) groups excluding carboxylic acids is 1. The van der Waals surface area contributed by atoms with E-state index >= 15 is 0 Å². The lowest BCUT2D eigenvalue weighted by molar-refractivity contribution is -0.122. The molecule has 2 saturated heterocycles. The quantitative estimate of drug-likeness (QED) is 0.138. The molecule has 2 aromatic heterocycles. The van der Waals surface area contributed by atoms with Gasteiger partial charge in [0.15, 0.2) is 9.84 Å². The van der Waals surface area contributed by atoms with E-state index in [0.29, 0.717) is 41.5 Å². The Hall–Kier alpha value is -4.06. The maximum absolute atomic E-state index is 14.5. The first-order chi connectivity index (χ1) is 26.6. The predicted octanol–water partition coefficient (Wildman–Crippen LogP) is 9.23. The summed E-state index contributed by atoms with van der Waals surface area (Å²) in [5.74, 6) is 0.182. The highest BCUT2D eigenvalue weighted by molar-refractivity contribution is 7.90. The number of aromatic amines is 2. The number of hydrogen-bond donors (Lipinski definition) is 3. The molecule has 0 aliphatic carbocycles. The van der Waals surface area contributed by atoms with E-state index in [-0.39, 0.29) is 46.6 Å². The first-order valence-electron chi connectivity index (χ1n) is 20.3. The van der Waals surface area contributed by atoms with E-state index in [9.17, 15) is 22.0 Å². The molecule has 2 fully saturated rings. The number of aryl methyl sites for hydroxylation is 2. The number of amides is 1. The summed E-state index contributed by atoms with van der Waals surface area (Å²) < 4.78 is 54.4. The molecule has 3 N–H and O–H groups in total. The maximum atomic E-state index is 14.5. The first-order valence-corrected chi connectivity index (χ1v) is 22.2. The van der Waals surface area contributed by atoms with Crippen LogP contribution >= 0.6 is 0 Å². The van der Waals surface area contributed by atoms with Gasteiger partial charge in [0, 0.05) is 70.4 Å². The molecular weight excluding hydrogens is 729 g/mol. The minimum atomic E-state index is -3.51. The number of fused-ring (bicyclic) bond motifs is 3. The Morgan fingerprint density at radius 1 is 0.786 bits per heavy atom. The number of sulfone groups is 1. The lowest BCUT2D eigenvalue weighted by Crippen LogP contribution is -2.52. The zero-order valence-electron chi connectivity index (χ0n) is 33.6. The second kappa shape index (κ2) is 14.4. The number of nitrogens with one attached hydrogen (secondary N) is 3. The monoisotopic (exact) mass is 783 g/mol. The summed E-state index contributed by atoms with van der Waals surface area (Å²) in [5, 5.41) is 5.35. The van der Waals surface area contributed by atoms with Gasteiger partial charge in [-0.05, 0) is 164 Å². The number of H-pyrrole nitrogens is 2. The van der Waals surface area contributed by atoms with Gasteiger partial charge >= 0.3 is 0 Å². The predicted molar refractivity (Wildman–Crippen MR) is 220 cm³/mol. The van der Waals surface area contributed by atoms with Crippen LogP contribution in [0.4, 0.5) is 14.5 Å². The summed E-state index contributed by atoms with van der Waals surface area (Å²) in [4.78, 5) is 26.5. The van der Waals surface area contributed by atoms with Gasteiger partial charge in [0.1, 0.15) is 11.6 Å². The number of aromatic nitrogens is 2. The number of benzene rings is 3. The highest BCUT2D eigenvalue weighted by Gasteiger charge is 2.51. The number of likely N-dealkylation sites (tertiary alicyclic amines) is 2. The fraction of sp³-hybridized carbons (Fsp3) is 0.489. The molecule has 5 heterocycles. The Balaban J connectivity index is 1.05. The molecule has 8 nitrogen and oxygen atoms in total. The van der Waals surface area contributed by atoms with Gasteiger partial charge in [0.2, 0.25) is 5.91 Å². The molecule has 5 aromatic rings. The van der Waals surface area contributed by atoms with Crippen molar-refractivity contribution in [2.24, 2.45) is 0 Å². The van der Waals surface area contributed by atoms with Crippen LogP contribution in [0.5, 0.6) is 0 Å². The molecule has 0 bridgehead atoms. The van der Waals surface area contributed by atoms with E-state index in [2.05, 4.69) is 65.2 Å². The molecule has 0 spiro atoms. The Kier molecular flexibility index (Phi) is 9.97. The summed E-state index contributed by atoms with van der Waals surface area (Å²) in [5.41, 5.74) is 6.01. The van der Waals surface area contributed by atoms with Gasteiger partial charge in [0.25, 0.3) is 0 Å². The van der Waals surface area contributed by atoms with Crippen LogP contribution in [0, 0.1) is 25.5 Å². The molecule has 0 saturated carbocycles. The maximum Gasteiger partial charge on any atom is 0.235 e. The number of carbonyl (C=O) groups is 1. The van der Waals surface area contributed by atoms with Crippen molar-refractivity contribution < 1.29 is 22.0 Å². The highest BCUT2D eigenvalue weighted by Crippen LogP contribution is 2.48. The average molecular weight is 784 g/mol. The Bertz CT molecular complexity index is 2320. The average Bonchev–Trinajstić information content (AvgIpc) is 3.85.